The van der Waals surface area contributed by atoms with E-state index in [1.54, 1.807) is 23.0 Å². The molecule has 0 saturated carbocycles. The van der Waals surface area contributed by atoms with Crippen LogP contribution in [-0.4, -0.2) is 18.2 Å². The van der Waals surface area contributed by atoms with Crippen LogP contribution in [0.4, 0.5) is 0 Å². The fourth-order valence-electron chi connectivity index (χ4n) is 2.36. The molecule has 2 aromatic carbocycles. The second-order valence-corrected chi connectivity index (χ2v) is 7.16. The quantitative estimate of drug-likeness (QED) is 0.742. The Morgan fingerprint density at radius 2 is 1.67 bits per heavy atom. The molecular weight excluding hydrogens is 348 g/mol. The highest BCUT2D eigenvalue weighted by Crippen LogP contribution is 2.30. The summed E-state index contributed by atoms with van der Waals surface area (Å²) >= 11 is 6.28. The standard InChI is InChI=1S/C16H15ClN4O2S/c17-15-10-20-21(13-5-7-14(8-6-13)24(19,22)23)16(15)12-3-1-11(9-18)2-4-12/h1-8,10H,9,18H2,(H2,19,22,23). The van der Waals surface area contributed by atoms with Gasteiger partial charge in [0.05, 0.1) is 27.5 Å². The monoisotopic (exact) mass is 362 g/mol. The fraction of sp³-hybridized carbons (Fsp3) is 0.0625. The summed E-state index contributed by atoms with van der Waals surface area (Å²) < 4.78 is 24.4. The van der Waals surface area contributed by atoms with Crippen LogP contribution >= 0.6 is 11.6 Å². The molecule has 1 heterocycles. The van der Waals surface area contributed by atoms with Gasteiger partial charge >= 0.3 is 0 Å². The molecule has 0 aliphatic rings. The summed E-state index contributed by atoms with van der Waals surface area (Å²) in [4.78, 5) is 0.0401. The van der Waals surface area contributed by atoms with Gasteiger partial charge in [-0.05, 0) is 29.8 Å². The van der Waals surface area contributed by atoms with Gasteiger partial charge in [-0.1, -0.05) is 35.9 Å². The molecule has 24 heavy (non-hydrogen) atoms. The van der Waals surface area contributed by atoms with Crippen molar-refractivity contribution < 1.29 is 8.42 Å². The molecule has 0 radical (unpaired) electrons. The highest BCUT2D eigenvalue weighted by atomic mass is 35.5. The van der Waals surface area contributed by atoms with Gasteiger partial charge in [-0.2, -0.15) is 5.10 Å². The molecule has 0 spiro atoms. The van der Waals surface area contributed by atoms with Gasteiger partial charge in [-0.25, -0.2) is 18.2 Å². The summed E-state index contributed by atoms with van der Waals surface area (Å²) in [7, 11) is -3.73. The maximum Gasteiger partial charge on any atom is 0.238 e. The van der Waals surface area contributed by atoms with E-state index in [9.17, 15) is 8.42 Å². The minimum absolute atomic E-state index is 0.0401. The van der Waals surface area contributed by atoms with Crippen LogP contribution in [0.2, 0.25) is 5.02 Å². The van der Waals surface area contributed by atoms with E-state index < -0.39 is 10.0 Å². The van der Waals surface area contributed by atoms with E-state index in [4.69, 9.17) is 22.5 Å². The minimum Gasteiger partial charge on any atom is -0.326 e. The SMILES string of the molecule is NCc1ccc(-c2c(Cl)cnn2-c2ccc(S(N)(=O)=O)cc2)cc1. The van der Waals surface area contributed by atoms with Crippen LogP contribution in [0.3, 0.4) is 0 Å². The molecule has 6 nitrogen and oxygen atoms in total. The van der Waals surface area contributed by atoms with E-state index in [0.29, 0.717) is 22.9 Å². The molecule has 3 rings (SSSR count). The van der Waals surface area contributed by atoms with E-state index in [0.717, 1.165) is 11.1 Å². The number of halogens is 1. The first-order chi connectivity index (χ1) is 11.4. The van der Waals surface area contributed by atoms with Gasteiger partial charge in [0.25, 0.3) is 0 Å². The Labute approximate surface area is 144 Å². The number of benzene rings is 2. The Hall–Kier alpha value is -2.19. The Bertz CT molecular complexity index is 964. The Morgan fingerprint density at radius 3 is 2.21 bits per heavy atom. The van der Waals surface area contributed by atoms with Crippen LogP contribution in [0.25, 0.3) is 16.9 Å². The molecule has 4 N–H and O–H groups in total. The first kappa shape index (κ1) is 16.7. The lowest BCUT2D eigenvalue weighted by Gasteiger charge is -2.09. The number of primary sulfonamides is 1. The topological polar surface area (TPSA) is 104 Å². The molecule has 0 atom stereocenters. The van der Waals surface area contributed by atoms with E-state index in [-0.39, 0.29) is 4.90 Å². The molecule has 0 unspecified atom stereocenters. The van der Waals surface area contributed by atoms with Crippen molar-refractivity contribution in [2.24, 2.45) is 10.9 Å². The lowest BCUT2D eigenvalue weighted by molar-refractivity contribution is 0.598. The molecule has 0 saturated heterocycles. The summed E-state index contributed by atoms with van der Waals surface area (Å²) in [5.41, 5.74) is 8.89. The number of hydrogen-bond donors (Lipinski definition) is 2. The Balaban J connectivity index is 2.06. The first-order valence-electron chi connectivity index (χ1n) is 7.06. The number of aromatic nitrogens is 2. The summed E-state index contributed by atoms with van der Waals surface area (Å²) in [6.07, 6.45) is 1.54. The van der Waals surface area contributed by atoms with Crippen molar-refractivity contribution in [3.8, 4) is 16.9 Å². The van der Waals surface area contributed by atoms with Crippen molar-refractivity contribution in [3.63, 3.8) is 0 Å². The molecular formula is C16H15ClN4O2S. The third kappa shape index (κ3) is 3.20. The molecule has 0 fully saturated rings. The van der Waals surface area contributed by atoms with Crippen molar-refractivity contribution >= 4 is 21.6 Å². The van der Waals surface area contributed by atoms with Crippen LogP contribution in [0.15, 0.2) is 59.6 Å². The van der Waals surface area contributed by atoms with Crippen molar-refractivity contribution in [3.05, 3.63) is 65.3 Å². The Morgan fingerprint density at radius 1 is 1.04 bits per heavy atom. The molecule has 3 aromatic rings. The third-order valence-electron chi connectivity index (χ3n) is 3.60. The van der Waals surface area contributed by atoms with Crippen LogP contribution in [0, 0.1) is 0 Å². The average molecular weight is 363 g/mol. The van der Waals surface area contributed by atoms with Gasteiger partial charge < -0.3 is 5.73 Å². The van der Waals surface area contributed by atoms with Crippen LogP contribution in [0.5, 0.6) is 0 Å². The number of sulfonamides is 1. The fourth-order valence-corrected chi connectivity index (χ4v) is 3.11. The molecule has 0 amide bonds. The van der Waals surface area contributed by atoms with Crippen molar-refractivity contribution in [1.29, 1.82) is 0 Å². The zero-order chi connectivity index (χ0) is 17.3. The van der Waals surface area contributed by atoms with Crippen LogP contribution in [0.1, 0.15) is 5.56 Å². The van der Waals surface area contributed by atoms with Crippen molar-refractivity contribution in [2.75, 3.05) is 0 Å². The second kappa shape index (κ2) is 6.37. The molecule has 0 aliphatic heterocycles. The maximum atomic E-state index is 11.4. The van der Waals surface area contributed by atoms with Gasteiger partial charge in [0.15, 0.2) is 0 Å². The lowest BCUT2D eigenvalue weighted by atomic mass is 10.1. The lowest BCUT2D eigenvalue weighted by Crippen LogP contribution is -2.12. The van der Waals surface area contributed by atoms with E-state index in [2.05, 4.69) is 5.10 Å². The number of nitrogens with two attached hydrogens (primary N) is 2. The molecule has 124 valence electrons. The summed E-state index contributed by atoms with van der Waals surface area (Å²) in [6, 6.07) is 13.8. The van der Waals surface area contributed by atoms with Crippen LogP contribution < -0.4 is 10.9 Å². The summed E-state index contributed by atoms with van der Waals surface area (Å²) in [6.45, 7) is 0.461. The zero-order valence-corrected chi connectivity index (χ0v) is 14.1. The van der Waals surface area contributed by atoms with Gasteiger partial charge in [-0.3, -0.25) is 0 Å². The maximum absolute atomic E-state index is 11.4. The normalized spacial score (nSPS) is 11.6. The predicted molar refractivity (Wildman–Crippen MR) is 93.3 cm³/mol. The molecule has 0 bridgehead atoms. The summed E-state index contributed by atoms with van der Waals surface area (Å²) in [5.74, 6) is 0. The van der Waals surface area contributed by atoms with Gasteiger partial charge in [0.1, 0.15) is 0 Å². The van der Waals surface area contributed by atoms with Crippen LogP contribution in [-0.2, 0) is 16.6 Å². The van der Waals surface area contributed by atoms with Crippen molar-refractivity contribution in [2.45, 2.75) is 11.4 Å². The third-order valence-corrected chi connectivity index (χ3v) is 4.80. The first-order valence-corrected chi connectivity index (χ1v) is 8.99. The predicted octanol–water partition coefficient (Wildman–Crippen LogP) is 2.30. The molecule has 8 heteroatoms. The molecule has 0 aliphatic carbocycles. The van der Waals surface area contributed by atoms with E-state index in [1.807, 2.05) is 24.3 Å². The number of rotatable bonds is 4. The highest BCUT2D eigenvalue weighted by Gasteiger charge is 2.14. The Kier molecular flexibility index (Phi) is 4.42. The number of hydrogen-bond acceptors (Lipinski definition) is 4. The zero-order valence-electron chi connectivity index (χ0n) is 12.6. The minimum atomic E-state index is -3.73. The second-order valence-electron chi connectivity index (χ2n) is 5.19. The van der Waals surface area contributed by atoms with Gasteiger partial charge in [-0.15, -0.1) is 0 Å². The smallest absolute Gasteiger partial charge is 0.238 e. The average Bonchev–Trinajstić information content (AvgIpc) is 2.96. The number of nitrogens with zero attached hydrogens (tertiary/aromatic N) is 2. The largest absolute Gasteiger partial charge is 0.326 e. The van der Waals surface area contributed by atoms with E-state index >= 15 is 0 Å². The van der Waals surface area contributed by atoms with Gasteiger partial charge in [0.2, 0.25) is 10.0 Å². The molecule has 1 aromatic heterocycles. The van der Waals surface area contributed by atoms with Crippen molar-refractivity contribution in [1.82, 2.24) is 9.78 Å². The summed E-state index contributed by atoms with van der Waals surface area (Å²) in [5, 5.41) is 9.88. The van der Waals surface area contributed by atoms with Gasteiger partial charge in [0, 0.05) is 12.1 Å². The highest BCUT2D eigenvalue weighted by molar-refractivity contribution is 7.89. The van der Waals surface area contributed by atoms with E-state index in [1.165, 1.54) is 12.1 Å².